The minimum atomic E-state index is -1.92. The van der Waals surface area contributed by atoms with Gasteiger partial charge in [-0.2, -0.15) is 0 Å². The molecule has 0 bridgehead atoms. The molecule has 0 amide bonds. The van der Waals surface area contributed by atoms with Crippen molar-refractivity contribution in [3.63, 3.8) is 0 Å². The topological polar surface area (TPSA) is 35.5 Å². The van der Waals surface area contributed by atoms with E-state index in [0.29, 0.717) is 12.8 Å². The van der Waals surface area contributed by atoms with Crippen molar-refractivity contribution in [2.75, 3.05) is 0 Å². The second-order valence-corrected chi connectivity index (χ2v) is 14.0. The monoisotopic (exact) mass is 416 g/mol. The van der Waals surface area contributed by atoms with E-state index in [-0.39, 0.29) is 23.2 Å². The van der Waals surface area contributed by atoms with Gasteiger partial charge in [0.1, 0.15) is 6.10 Å². The fourth-order valence-electron chi connectivity index (χ4n) is 3.05. The van der Waals surface area contributed by atoms with Gasteiger partial charge in [0.2, 0.25) is 0 Å². The molecule has 0 heterocycles. The Morgan fingerprint density at radius 2 is 1.76 bits per heavy atom. The highest BCUT2D eigenvalue weighted by Crippen LogP contribution is 2.38. The van der Waals surface area contributed by atoms with Gasteiger partial charge >= 0.3 is 5.97 Å². The SMILES string of the molecule is C=CC[C@H](C[C@@H](CCCCc1ccccc1)O[Si](C)(C)C(C)(C)C)OC(=O)C=C. The van der Waals surface area contributed by atoms with Crippen molar-refractivity contribution in [2.24, 2.45) is 0 Å². The molecule has 1 rings (SSSR count). The summed E-state index contributed by atoms with van der Waals surface area (Å²) in [7, 11) is -1.92. The molecule has 0 aliphatic carbocycles. The molecule has 29 heavy (non-hydrogen) atoms. The van der Waals surface area contributed by atoms with Crippen LogP contribution < -0.4 is 0 Å². The zero-order chi connectivity index (χ0) is 21.9. The number of carbonyl (C=O) groups is 1. The third-order valence-corrected chi connectivity index (χ3v) is 10.3. The Hall–Kier alpha value is -1.65. The van der Waals surface area contributed by atoms with E-state index < -0.39 is 8.32 Å². The van der Waals surface area contributed by atoms with E-state index in [0.717, 1.165) is 25.7 Å². The zero-order valence-corrected chi connectivity index (χ0v) is 20.1. The number of aryl methyl sites for hydroxylation is 1. The molecular formula is C25H40O3Si. The maximum Gasteiger partial charge on any atom is 0.330 e. The predicted octanol–water partition coefficient (Wildman–Crippen LogP) is 6.85. The first-order chi connectivity index (χ1) is 13.6. The summed E-state index contributed by atoms with van der Waals surface area (Å²) < 4.78 is 12.3. The Morgan fingerprint density at radius 1 is 1.10 bits per heavy atom. The smallest absolute Gasteiger partial charge is 0.330 e. The van der Waals surface area contributed by atoms with Crippen LogP contribution in [0.2, 0.25) is 18.1 Å². The number of rotatable bonds is 13. The number of hydrogen-bond donors (Lipinski definition) is 0. The van der Waals surface area contributed by atoms with E-state index in [1.54, 1.807) is 6.08 Å². The normalized spacial score (nSPS) is 14.1. The summed E-state index contributed by atoms with van der Waals surface area (Å²) in [5, 5.41) is 0.140. The van der Waals surface area contributed by atoms with E-state index in [1.807, 2.05) is 0 Å². The number of esters is 1. The highest BCUT2D eigenvalue weighted by molar-refractivity contribution is 6.74. The lowest BCUT2D eigenvalue weighted by Gasteiger charge is -2.40. The molecule has 0 aliphatic rings. The first-order valence-electron chi connectivity index (χ1n) is 10.7. The minimum Gasteiger partial charge on any atom is -0.459 e. The molecule has 0 saturated carbocycles. The van der Waals surface area contributed by atoms with Gasteiger partial charge in [-0.1, -0.05) is 70.2 Å². The molecule has 0 saturated heterocycles. The van der Waals surface area contributed by atoms with Crippen LogP contribution in [0.25, 0.3) is 0 Å². The van der Waals surface area contributed by atoms with Gasteiger partial charge in [0.25, 0.3) is 0 Å². The summed E-state index contributed by atoms with van der Waals surface area (Å²) in [6.07, 6.45) is 8.47. The van der Waals surface area contributed by atoms with E-state index in [1.165, 1.54) is 11.6 Å². The van der Waals surface area contributed by atoms with E-state index in [4.69, 9.17) is 9.16 Å². The zero-order valence-electron chi connectivity index (χ0n) is 19.1. The van der Waals surface area contributed by atoms with Crippen LogP contribution in [0.15, 0.2) is 55.6 Å². The van der Waals surface area contributed by atoms with Crippen molar-refractivity contribution in [1.29, 1.82) is 0 Å². The molecule has 0 unspecified atom stereocenters. The first kappa shape index (κ1) is 25.4. The van der Waals surface area contributed by atoms with Crippen molar-refractivity contribution in [3.05, 3.63) is 61.2 Å². The molecule has 0 radical (unpaired) electrons. The fraction of sp³-hybridized carbons (Fsp3) is 0.560. The Bertz CT molecular complexity index is 631. The second-order valence-electron chi connectivity index (χ2n) is 9.25. The average molecular weight is 417 g/mol. The van der Waals surface area contributed by atoms with Gasteiger partial charge in [0.15, 0.2) is 8.32 Å². The van der Waals surface area contributed by atoms with Crippen LogP contribution >= 0.6 is 0 Å². The molecule has 0 aliphatic heterocycles. The standard InChI is InChI=1S/C25H40O3Si/c1-8-15-22(27-24(26)9-2)20-23(28-29(6,7)25(3,4)5)19-14-13-18-21-16-11-10-12-17-21/h8-12,16-17,22-23H,1-2,13-15,18-20H2,3-7H3/t22-,23-/m1/s1. The van der Waals surface area contributed by atoms with Crippen LogP contribution in [0.1, 0.15) is 58.4 Å². The van der Waals surface area contributed by atoms with Crippen LogP contribution in [-0.2, 0) is 20.4 Å². The second kappa shape index (κ2) is 12.1. The quantitative estimate of drug-likeness (QED) is 0.116. The number of carbonyl (C=O) groups excluding carboxylic acids is 1. The largest absolute Gasteiger partial charge is 0.459 e. The number of hydrogen-bond acceptors (Lipinski definition) is 3. The minimum absolute atomic E-state index is 0.0780. The first-order valence-corrected chi connectivity index (χ1v) is 13.7. The van der Waals surface area contributed by atoms with Crippen LogP contribution in [0.4, 0.5) is 0 Å². The summed E-state index contributed by atoms with van der Waals surface area (Å²) >= 11 is 0. The fourth-order valence-corrected chi connectivity index (χ4v) is 4.45. The Morgan fingerprint density at radius 3 is 2.31 bits per heavy atom. The van der Waals surface area contributed by atoms with Gasteiger partial charge in [-0.05, 0) is 43.0 Å². The third kappa shape index (κ3) is 9.59. The van der Waals surface area contributed by atoms with Gasteiger partial charge in [0.05, 0.1) is 0 Å². The van der Waals surface area contributed by atoms with Crippen molar-refractivity contribution >= 4 is 14.3 Å². The molecule has 4 heteroatoms. The van der Waals surface area contributed by atoms with Crippen LogP contribution in [0.5, 0.6) is 0 Å². The summed E-state index contributed by atoms with van der Waals surface area (Å²) in [6, 6.07) is 10.6. The molecular weight excluding hydrogens is 376 g/mol. The molecule has 0 N–H and O–H groups in total. The lowest BCUT2D eigenvalue weighted by Crippen LogP contribution is -2.44. The molecule has 162 valence electrons. The van der Waals surface area contributed by atoms with Crippen molar-refractivity contribution in [3.8, 4) is 0 Å². The molecule has 3 nitrogen and oxygen atoms in total. The van der Waals surface area contributed by atoms with Crippen molar-refractivity contribution in [1.82, 2.24) is 0 Å². The lowest BCUT2D eigenvalue weighted by atomic mass is 10.0. The lowest BCUT2D eigenvalue weighted by molar-refractivity contribution is -0.144. The average Bonchev–Trinajstić information content (AvgIpc) is 2.64. The summed E-state index contributed by atoms with van der Waals surface area (Å²) in [5.41, 5.74) is 1.37. The predicted molar refractivity (Wildman–Crippen MR) is 126 cm³/mol. The maximum atomic E-state index is 11.7. The van der Waals surface area contributed by atoms with Gasteiger partial charge in [-0.25, -0.2) is 4.79 Å². The molecule has 1 aromatic rings. The third-order valence-electron chi connectivity index (χ3n) is 5.76. The molecule has 1 aromatic carbocycles. The molecule has 0 aromatic heterocycles. The van der Waals surface area contributed by atoms with Crippen molar-refractivity contribution < 1.29 is 14.0 Å². The Kier molecular flexibility index (Phi) is 10.6. The van der Waals surface area contributed by atoms with Gasteiger partial charge in [-0.3, -0.25) is 0 Å². The van der Waals surface area contributed by atoms with Crippen LogP contribution in [0, 0.1) is 0 Å². The van der Waals surface area contributed by atoms with E-state index >= 15 is 0 Å². The van der Waals surface area contributed by atoms with Crippen LogP contribution in [0.3, 0.4) is 0 Å². The summed E-state index contributed by atoms with van der Waals surface area (Å²) in [6.45, 7) is 18.6. The maximum absolute atomic E-state index is 11.7. The van der Waals surface area contributed by atoms with Crippen LogP contribution in [-0.4, -0.2) is 26.5 Å². The number of benzene rings is 1. The molecule has 0 fully saturated rings. The number of ether oxygens (including phenoxy) is 1. The van der Waals surface area contributed by atoms with Crippen molar-refractivity contribution in [2.45, 2.75) is 89.6 Å². The van der Waals surface area contributed by atoms with Gasteiger partial charge in [0, 0.05) is 25.0 Å². The summed E-state index contributed by atoms with van der Waals surface area (Å²) in [4.78, 5) is 11.7. The van der Waals surface area contributed by atoms with E-state index in [2.05, 4.69) is 77.4 Å². The van der Waals surface area contributed by atoms with Gasteiger partial charge < -0.3 is 9.16 Å². The molecule has 0 spiro atoms. The highest BCUT2D eigenvalue weighted by Gasteiger charge is 2.39. The Balaban J connectivity index is 2.76. The Labute approximate surface area is 179 Å². The van der Waals surface area contributed by atoms with Gasteiger partial charge in [-0.15, -0.1) is 6.58 Å². The number of unbranched alkanes of at least 4 members (excludes halogenated alkanes) is 1. The summed E-state index contributed by atoms with van der Waals surface area (Å²) in [5.74, 6) is -0.382. The van der Waals surface area contributed by atoms with E-state index in [9.17, 15) is 4.79 Å². The molecule has 2 atom stereocenters. The highest BCUT2D eigenvalue weighted by atomic mass is 28.4.